The van der Waals surface area contributed by atoms with Crippen LogP contribution in [-0.4, -0.2) is 60.0 Å². The maximum Gasteiger partial charge on any atom is 0.246 e. The van der Waals surface area contributed by atoms with Crippen molar-refractivity contribution in [3.05, 3.63) is 59.9 Å². The molecular weight excluding hydrogens is 506 g/mol. The van der Waals surface area contributed by atoms with Crippen molar-refractivity contribution in [3.8, 4) is 5.75 Å². The molecule has 2 atom stereocenters. The van der Waals surface area contributed by atoms with E-state index >= 15 is 0 Å². The number of aryl methyl sites for hydroxylation is 1. The summed E-state index contributed by atoms with van der Waals surface area (Å²) in [5, 5.41) is 12.5. The minimum Gasteiger partial charge on any atom is -0.490 e. The van der Waals surface area contributed by atoms with Crippen molar-refractivity contribution in [2.45, 2.75) is 82.8 Å². The first-order valence-electron chi connectivity index (χ1n) is 14.6. The zero-order valence-electron chi connectivity index (χ0n) is 23.7. The SMILES string of the molecule is CC(C)C[C@@H]1NCCOc2cccnc2CCCNC(=O)[C@H](Cc2ccccc2)NC(=O)C2(CCCC2)NC1=O. The molecule has 1 aliphatic carbocycles. The van der Waals surface area contributed by atoms with Crippen molar-refractivity contribution < 1.29 is 19.1 Å². The Morgan fingerprint density at radius 3 is 2.48 bits per heavy atom. The highest BCUT2D eigenvalue weighted by Gasteiger charge is 2.44. The van der Waals surface area contributed by atoms with Gasteiger partial charge in [-0.3, -0.25) is 19.4 Å². The van der Waals surface area contributed by atoms with Gasteiger partial charge in [0.25, 0.3) is 0 Å². The Balaban J connectivity index is 1.59. The van der Waals surface area contributed by atoms with E-state index in [0.29, 0.717) is 64.0 Å². The molecule has 2 aromatic rings. The predicted molar refractivity (Wildman–Crippen MR) is 154 cm³/mol. The Hall–Kier alpha value is -3.46. The fourth-order valence-corrected chi connectivity index (χ4v) is 5.55. The Bertz CT molecular complexity index is 1130. The van der Waals surface area contributed by atoms with Crippen LogP contribution in [0.2, 0.25) is 0 Å². The van der Waals surface area contributed by atoms with Gasteiger partial charge in [0.1, 0.15) is 23.9 Å². The number of benzene rings is 1. The van der Waals surface area contributed by atoms with Gasteiger partial charge in [0, 0.05) is 25.7 Å². The number of hydrogen-bond donors (Lipinski definition) is 4. The van der Waals surface area contributed by atoms with Gasteiger partial charge in [0.2, 0.25) is 17.7 Å². The summed E-state index contributed by atoms with van der Waals surface area (Å²) in [6.07, 6.45) is 6.81. The van der Waals surface area contributed by atoms with E-state index in [1.807, 2.05) is 42.5 Å². The van der Waals surface area contributed by atoms with E-state index in [4.69, 9.17) is 4.74 Å². The maximum absolute atomic E-state index is 13.8. The first-order chi connectivity index (χ1) is 19.4. The van der Waals surface area contributed by atoms with Crippen molar-refractivity contribution in [1.29, 1.82) is 0 Å². The van der Waals surface area contributed by atoms with Crippen LogP contribution in [-0.2, 0) is 27.2 Å². The molecule has 1 fully saturated rings. The molecule has 1 saturated carbocycles. The molecule has 1 spiro atoms. The summed E-state index contributed by atoms with van der Waals surface area (Å²) in [4.78, 5) is 45.3. The summed E-state index contributed by atoms with van der Waals surface area (Å²) in [5.74, 6) is 0.257. The summed E-state index contributed by atoms with van der Waals surface area (Å²) in [7, 11) is 0. The summed E-state index contributed by atoms with van der Waals surface area (Å²) >= 11 is 0. The lowest BCUT2D eigenvalue weighted by Crippen LogP contribution is -2.63. The molecule has 0 radical (unpaired) electrons. The van der Waals surface area contributed by atoms with E-state index < -0.39 is 17.6 Å². The van der Waals surface area contributed by atoms with Crippen molar-refractivity contribution >= 4 is 17.7 Å². The minimum atomic E-state index is -1.03. The van der Waals surface area contributed by atoms with Crippen molar-refractivity contribution in [1.82, 2.24) is 26.3 Å². The second-order valence-electron chi connectivity index (χ2n) is 11.3. The van der Waals surface area contributed by atoms with E-state index in [-0.39, 0.29) is 23.6 Å². The van der Waals surface area contributed by atoms with Crippen LogP contribution in [0, 0.1) is 5.92 Å². The third kappa shape index (κ3) is 8.03. The fourth-order valence-electron chi connectivity index (χ4n) is 5.55. The Morgan fingerprint density at radius 2 is 1.73 bits per heavy atom. The largest absolute Gasteiger partial charge is 0.490 e. The van der Waals surface area contributed by atoms with E-state index in [1.54, 1.807) is 6.20 Å². The van der Waals surface area contributed by atoms with Crippen molar-refractivity contribution in [2.24, 2.45) is 5.92 Å². The number of fused-ring (bicyclic) bond motifs is 1. The molecule has 0 bridgehead atoms. The van der Waals surface area contributed by atoms with Gasteiger partial charge in [0.05, 0.1) is 11.7 Å². The van der Waals surface area contributed by atoms with Gasteiger partial charge in [0.15, 0.2) is 0 Å². The molecule has 1 aliphatic heterocycles. The number of rotatable bonds is 4. The number of amides is 3. The van der Waals surface area contributed by atoms with Gasteiger partial charge in [-0.25, -0.2) is 0 Å². The number of pyridine rings is 1. The number of nitrogens with zero attached hydrogens (tertiary/aromatic N) is 1. The molecule has 0 unspecified atom stereocenters. The lowest BCUT2D eigenvalue weighted by Gasteiger charge is -2.33. The van der Waals surface area contributed by atoms with Gasteiger partial charge in [-0.2, -0.15) is 0 Å². The molecule has 216 valence electrons. The molecule has 4 N–H and O–H groups in total. The van der Waals surface area contributed by atoms with Gasteiger partial charge in [-0.1, -0.05) is 57.0 Å². The molecular formula is C31H43N5O4. The number of carbonyl (C=O) groups is 3. The average molecular weight is 550 g/mol. The van der Waals surface area contributed by atoms with Crippen LogP contribution >= 0.6 is 0 Å². The number of aromatic nitrogens is 1. The first-order valence-corrected chi connectivity index (χ1v) is 14.6. The normalized spacial score (nSPS) is 22.8. The van der Waals surface area contributed by atoms with Crippen LogP contribution in [0.15, 0.2) is 48.7 Å². The maximum atomic E-state index is 13.8. The number of carbonyl (C=O) groups excluding carboxylic acids is 3. The highest BCUT2D eigenvalue weighted by atomic mass is 16.5. The molecule has 1 aromatic heterocycles. The topological polar surface area (TPSA) is 121 Å². The van der Waals surface area contributed by atoms with E-state index in [0.717, 1.165) is 24.1 Å². The van der Waals surface area contributed by atoms with E-state index in [9.17, 15) is 14.4 Å². The second-order valence-corrected chi connectivity index (χ2v) is 11.3. The number of hydrogen-bond acceptors (Lipinski definition) is 6. The summed E-state index contributed by atoms with van der Waals surface area (Å²) < 4.78 is 6.03. The zero-order chi connectivity index (χ0) is 28.4. The van der Waals surface area contributed by atoms with Crippen LogP contribution in [0.3, 0.4) is 0 Å². The molecule has 40 heavy (non-hydrogen) atoms. The van der Waals surface area contributed by atoms with E-state index in [1.165, 1.54) is 0 Å². The predicted octanol–water partition coefficient (Wildman–Crippen LogP) is 2.68. The van der Waals surface area contributed by atoms with Gasteiger partial charge in [-0.15, -0.1) is 0 Å². The zero-order valence-corrected chi connectivity index (χ0v) is 23.7. The molecule has 3 amide bonds. The van der Waals surface area contributed by atoms with Gasteiger partial charge >= 0.3 is 0 Å². The average Bonchev–Trinajstić information content (AvgIpc) is 3.42. The lowest BCUT2D eigenvalue weighted by atomic mass is 9.93. The lowest BCUT2D eigenvalue weighted by molar-refractivity contribution is -0.136. The van der Waals surface area contributed by atoms with Crippen molar-refractivity contribution in [3.63, 3.8) is 0 Å². The van der Waals surface area contributed by atoms with Crippen LogP contribution in [0.4, 0.5) is 0 Å². The van der Waals surface area contributed by atoms with Gasteiger partial charge < -0.3 is 26.0 Å². The molecule has 2 heterocycles. The molecule has 1 aromatic carbocycles. The standard InChI is InChI=1S/C31H43N5O4/c1-22(2)20-25-29(38)36-31(14-6-7-15-31)30(39)35-26(21-23-10-4-3-5-11-23)28(37)34-17-8-12-24-27(13-9-16-32-24)40-19-18-33-25/h3-5,9-11,13,16,22,25-26,33H,6-8,12,14-15,17-21H2,1-2H3,(H,34,37)(H,35,39)(H,36,38)/t25-,26-/m0/s1. The molecule has 4 rings (SSSR count). The molecule has 2 aliphatic rings. The summed E-state index contributed by atoms with van der Waals surface area (Å²) in [6.45, 7) is 5.45. The number of nitrogens with one attached hydrogen (secondary N) is 4. The Labute approximate surface area is 237 Å². The smallest absolute Gasteiger partial charge is 0.246 e. The van der Waals surface area contributed by atoms with Crippen LogP contribution in [0.1, 0.15) is 63.6 Å². The first kappa shape index (κ1) is 29.5. The van der Waals surface area contributed by atoms with Crippen molar-refractivity contribution in [2.75, 3.05) is 19.7 Å². The molecule has 9 heteroatoms. The monoisotopic (exact) mass is 549 g/mol. The van der Waals surface area contributed by atoms with Crippen LogP contribution in [0.5, 0.6) is 5.75 Å². The van der Waals surface area contributed by atoms with Gasteiger partial charge in [-0.05, 0) is 55.7 Å². The minimum absolute atomic E-state index is 0.196. The third-order valence-electron chi connectivity index (χ3n) is 7.67. The Morgan fingerprint density at radius 1 is 0.950 bits per heavy atom. The van der Waals surface area contributed by atoms with E-state index in [2.05, 4.69) is 40.1 Å². The Kier molecular flexibility index (Phi) is 10.5. The quantitative estimate of drug-likeness (QED) is 0.465. The number of ether oxygens (including phenoxy) is 1. The third-order valence-corrected chi connectivity index (χ3v) is 7.67. The molecule has 0 saturated heterocycles. The summed E-state index contributed by atoms with van der Waals surface area (Å²) in [5.41, 5.74) is 0.744. The fraction of sp³-hybridized carbons (Fsp3) is 0.548. The van der Waals surface area contributed by atoms with Crippen LogP contribution < -0.4 is 26.0 Å². The van der Waals surface area contributed by atoms with Crippen LogP contribution in [0.25, 0.3) is 0 Å². The molecule has 9 nitrogen and oxygen atoms in total. The second kappa shape index (κ2) is 14.3. The highest BCUT2D eigenvalue weighted by molar-refractivity contribution is 5.96. The highest BCUT2D eigenvalue weighted by Crippen LogP contribution is 2.30. The summed E-state index contributed by atoms with van der Waals surface area (Å²) in [6, 6.07) is 12.2.